The Bertz CT molecular complexity index is 882. The van der Waals surface area contributed by atoms with Crippen molar-refractivity contribution in [3.05, 3.63) is 53.5 Å². The van der Waals surface area contributed by atoms with E-state index >= 15 is 0 Å². The second kappa shape index (κ2) is 7.47. The van der Waals surface area contributed by atoms with E-state index in [1.807, 2.05) is 13.1 Å². The maximum Gasteiger partial charge on any atom is 0.305 e. The summed E-state index contributed by atoms with van der Waals surface area (Å²) in [6, 6.07) is 10.3. The predicted molar refractivity (Wildman–Crippen MR) is 97.9 cm³/mol. The summed E-state index contributed by atoms with van der Waals surface area (Å²) >= 11 is 0. The summed E-state index contributed by atoms with van der Waals surface area (Å²) in [7, 11) is 0. The van der Waals surface area contributed by atoms with Crippen LogP contribution < -0.4 is 0 Å². The van der Waals surface area contributed by atoms with Crippen LogP contribution in [0.3, 0.4) is 0 Å². The topological polar surface area (TPSA) is 57.0 Å². The smallest absolute Gasteiger partial charge is 0.305 e. The number of pyridine rings is 1. The van der Waals surface area contributed by atoms with Crippen molar-refractivity contribution < 1.29 is 9.53 Å². The summed E-state index contributed by atoms with van der Waals surface area (Å²) in [6.45, 7) is 6.34. The molecule has 5 heteroatoms. The number of ether oxygens (including phenoxy) is 1. The van der Waals surface area contributed by atoms with Crippen molar-refractivity contribution in [2.24, 2.45) is 0 Å². The van der Waals surface area contributed by atoms with Gasteiger partial charge in [-0.2, -0.15) is 0 Å². The molecule has 0 amide bonds. The number of hydrogen-bond donors (Lipinski definition) is 0. The summed E-state index contributed by atoms with van der Waals surface area (Å²) in [5, 5.41) is 0. The van der Waals surface area contributed by atoms with Gasteiger partial charge < -0.3 is 4.74 Å². The summed E-state index contributed by atoms with van der Waals surface area (Å²) in [6.07, 6.45) is 3.84. The highest BCUT2D eigenvalue weighted by Gasteiger charge is 2.12. The van der Waals surface area contributed by atoms with E-state index < -0.39 is 0 Å². The van der Waals surface area contributed by atoms with Gasteiger partial charge in [0.15, 0.2) is 5.65 Å². The molecule has 0 aliphatic rings. The summed E-state index contributed by atoms with van der Waals surface area (Å²) in [5.41, 5.74) is 5.10. The van der Waals surface area contributed by atoms with Crippen molar-refractivity contribution in [1.29, 1.82) is 0 Å². The molecule has 3 aromatic rings. The van der Waals surface area contributed by atoms with Gasteiger partial charge in [0, 0.05) is 31.1 Å². The number of rotatable bonds is 6. The van der Waals surface area contributed by atoms with Crippen LogP contribution in [0.5, 0.6) is 0 Å². The number of carbonyl (C=O) groups excluding carboxylic acids is 1. The zero-order valence-corrected chi connectivity index (χ0v) is 15.0. The third-order valence-corrected chi connectivity index (χ3v) is 4.16. The fourth-order valence-corrected chi connectivity index (χ4v) is 2.82. The Morgan fingerprint density at radius 1 is 1.20 bits per heavy atom. The van der Waals surface area contributed by atoms with Crippen LogP contribution in [0.2, 0.25) is 0 Å². The van der Waals surface area contributed by atoms with Crippen molar-refractivity contribution in [2.45, 2.75) is 40.0 Å². The summed E-state index contributed by atoms with van der Waals surface area (Å²) in [5.74, 6) is 0.841. The Kier molecular flexibility index (Phi) is 5.12. The molecule has 2 heterocycles. The first-order valence-electron chi connectivity index (χ1n) is 8.71. The maximum atomic E-state index is 11.2. The first-order chi connectivity index (χ1) is 12.1. The zero-order chi connectivity index (χ0) is 17.8. The molecule has 0 N–H and O–H groups in total. The first kappa shape index (κ1) is 17.1. The maximum absolute atomic E-state index is 11.2. The number of aryl methyl sites for hydroxylation is 2. The summed E-state index contributed by atoms with van der Waals surface area (Å²) in [4.78, 5) is 20.5. The fraction of sp³-hybridized carbons (Fsp3) is 0.350. The number of benzene rings is 1. The number of esters is 1. The molecule has 0 saturated heterocycles. The van der Waals surface area contributed by atoms with Crippen LogP contribution in [0.15, 0.2) is 36.5 Å². The van der Waals surface area contributed by atoms with Gasteiger partial charge in [-0.25, -0.2) is 9.97 Å². The Balaban J connectivity index is 1.85. The highest BCUT2D eigenvalue weighted by Crippen LogP contribution is 2.21. The molecule has 1 aromatic carbocycles. The quantitative estimate of drug-likeness (QED) is 0.642. The Morgan fingerprint density at radius 3 is 2.64 bits per heavy atom. The lowest BCUT2D eigenvalue weighted by Gasteiger charge is -2.09. The average Bonchev–Trinajstić information content (AvgIpc) is 2.99. The van der Waals surface area contributed by atoms with E-state index in [9.17, 15) is 4.79 Å². The summed E-state index contributed by atoms with van der Waals surface area (Å²) < 4.78 is 7.25. The van der Waals surface area contributed by atoms with E-state index in [0.29, 0.717) is 13.0 Å². The van der Waals surface area contributed by atoms with Gasteiger partial charge in [-0.3, -0.25) is 9.36 Å². The van der Waals surface area contributed by atoms with Crippen LogP contribution in [-0.4, -0.2) is 27.1 Å². The molecular formula is C20H23N3O2. The van der Waals surface area contributed by atoms with E-state index in [0.717, 1.165) is 46.6 Å². The van der Waals surface area contributed by atoms with Crippen LogP contribution >= 0.6 is 0 Å². The number of fused-ring (bicyclic) bond motifs is 1. The molecule has 0 radical (unpaired) electrons. The fourth-order valence-electron chi connectivity index (χ4n) is 2.82. The normalized spacial score (nSPS) is 11.0. The molecule has 0 atom stereocenters. The van der Waals surface area contributed by atoms with Gasteiger partial charge in [-0.15, -0.1) is 0 Å². The first-order valence-corrected chi connectivity index (χ1v) is 8.71. The van der Waals surface area contributed by atoms with Gasteiger partial charge in [0.1, 0.15) is 11.3 Å². The van der Waals surface area contributed by atoms with Crippen molar-refractivity contribution in [3.63, 3.8) is 0 Å². The molecule has 0 spiro atoms. The SMILES string of the molecule is CCC(=O)OCCc1ccc(-n2c(CC)nc3cc(C)cnc32)cc1. The number of nitrogens with zero attached hydrogens (tertiary/aromatic N) is 3. The molecular weight excluding hydrogens is 314 g/mol. The van der Waals surface area contributed by atoms with E-state index in [2.05, 4.69) is 46.8 Å². The van der Waals surface area contributed by atoms with E-state index in [1.165, 1.54) is 0 Å². The van der Waals surface area contributed by atoms with Gasteiger partial charge in [-0.05, 0) is 36.2 Å². The Labute approximate surface area is 147 Å². The highest BCUT2D eigenvalue weighted by molar-refractivity contribution is 5.74. The van der Waals surface area contributed by atoms with Crippen molar-refractivity contribution >= 4 is 17.1 Å². The Morgan fingerprint density at radius 2 is 1.96 bits per heavy atom. The molecule has 0 aliphatic carbocycles. The van der Waals surface area contributed by atoms with E-state index in [1.54, 1.807) is 6.92 Å². The van der Waals surface area contributed by atoms with Gasteiger partial charge in [0.05, 0.1) is 6.61 Å². The van der Waals surface area contributed by atoms with Crippen LogP contribution in [0, 0.1) is 6.92 Å². The van der Waals surface area contributed by atoms with Crippen LogP contribution in [0.1, 0.15) is 37.2 Å². The number of carbonyl (C=O) groups is 1. The third kappa shape index (κ3) is 3.71. The molecule has 25 heavy (non-hydrogen) atoms. The van der Waals surface area contributed by atoms with Crippen molar-refractivity contribution in [3.8, 4) is 5.69 Å². The van der Waals surface area contributed by atoms with E-state index in [-0.39, 0.29) is 5.97 Å². The van der Waals surface area contributed by atoms with Gasteiger partial charge in [0.25, 0.3) is 0 Å². The monoisotopic (exact) mass is 337 g/mol. The highest BCUT2D eigenvalue weighted by atomic mass is 16.5. The molecule has 0 aliphatic heterocycles. The second-order valence-electron chi connectivity index (χ2n) is 6.06. The molecule has 0 fully saturated rings. The van der Waals surface area contributed by atoms with E-state index in [4.69, 9.17) is 9.72 Å². The van der Waals surface area contributed by atoms with Gasteiger partial charge in [-0.1, -0.05) is 26.0 Å². The average molecular weight is 337 g/mol. The lowest BCUT2D eigenvalue weighted by Crippen LogP contribution is -2.06. The largest absolute Gasteiger partial charge is 0.465 e. The van der Waals surface area contributed by atoms with Gasteiger partial charge in [0.2, 0.25) is 0 Å². The number of imidazole rings is 1. The van der Waals surface area contributed by atoms with Crippen molar-refractivity contribution in [2.75, 3.05) is 6.61 Å². The molecule has 0 saturated carbocycles. The molecule has 0 unspecified atom stereocenters. The van der Waals surface area contributed by atoms with Crippen molar-refractivity contribution in [1.82, 2.24) is 14.5 Å². The molecule has 2 aromatic heterocycles. The molecule has 5 nitrogen and oxygen atoms in total. The minimum atomic E-state index is -0.157. The lowest BCUT2D eigenvalue weighted by atomic mass is 10.1. The molecule has 0 bridgehead atoms. The lowest BCUT2D eigenvalue weighted by molar-refractivity contribution is -0.143. The minimum absolute atomic E-state index is 0.157. The zero-order valence-electron chi connectivity index (χ0n) is 15.0. The molecule has 130 valence electrons. The Hall–Kier alpha value is -2.69. The standard InChI is InChI=1S/C20H23N3O2/c1-4-18-22-17-12-14(3)13-21-20(17)23(18)16-8-6-15(7-9-16)10-11-25-19(24)5-2/h6-9,12-13H,4-5,10-11H2,1-3H3. The third-order valence-electron chi connectivity index (χ3n) is 4.16. The molecule has 3 rings (SSSR count). The van der Waals surface area contributed by atoms with Crippen LogP contribution in [0.25, 0.3) is 16.9 Å². The van der Waals surface area contributed by atoms with Gasteiger partial charge >= 0.3 is 5.97 Å². The minimum Gasteiger partial charge on any atom is -0.465 e. The number of aromatic nitrogens is 3. The van der Waals surface area contributed by atoms with Crippen LogP contribution in [0.4, 0.5) is 0 Å². The van der Waals surface area contributed by atoms with Crippen LogP contribution in [-0.2, 0) is 22.4 Å². The number of hydrogen-bond acceptors (Lipinski definition) is 4. The predicted octanol–water partition coefficient (Wildman–Crippen LogP) is 3.79. The second-order valence-corrected chi connectivity index (χ2v) is 6.06.